The van der Waals surface area contributed by atoms with Crippen molar-refractivity contribution in [2.24, 2.45) is 5.92 Å². The summed E-state index contributed by atoms with van der Waals surface area (Å²) in [6, 6.07) is 8.09. The number of hydrogen-bond acceptors (Lipinski definition) is 6. The summed E-state index contributed by atoms with van der Waals surface area (Å²) in [6.45, 7) is 3.08. The van der Waals surface area contributed by atoms with E-state index in [0.29, 0.717) is 11.8 Å². The van der Waals surface area contributed by atoms with Crippen LogP contribution in [0.25, 0.3) is 10.7 Å². The van der Waals surface area contributed by atoms with Gasteiger partial charge in [-0.3, -0.25) is 9.88 Å². The van der Waals surface area contributed by atoms with Crippen LogP contribution in [-0.2, 0) is 6.54 Å². The van der Waals surface area contributed by atoms with Crippen molar-refractivity contribution in [1.29, 1.82) is 0 Å². The summed E-state index contributed by atoms with van der Waals surface area (Å²) in [7, 11) is 0. The first-order valence-electron chi connectivity index (χ1n) is 8.05. The van der Waals surface area contributed by atoms with E-state index in [1.165, 1.54) is 10.4 Å². The van der Waals surface area contributed by atoms with Gasteiger partial charge in [-0.2, -0.15) is 11.3 Å². The van der Waals surface area contributed by atoms with Gasteiger partial charge in [-0.1, -0.05) is 6.07 Å². The second-order valence-corrected chi connectivity index (χ2v) is 8.04. The number of aromatic nitrogens is 2. The Balaban J connectivity index is 1.46. The second-order valence-electron chi connectivity index (χ2n) is 6.15. The lowest BCUT2D eigenvalue weighted by atomic mass is 9.92. The Kier molecular flexibility index (Phi) is 4.71. The first kappa shape index (κ1) is 15.9. The SMILES string of the molecule is OC[C@@H]1CN(Cc2cnc(-c3ccccn3)s2)C[C@H]1c1ccsc1. The number of hydrogen-bond donors (Lipinski definition) is 1. The van der Waals surface area contributed by atoms with E-state index in [4.69, 9.17) is 0 Å². The third-order valence-electron chi connectivity index (χ3n) is 4.54. The van der Waals surface area contributed by atoms with Gasteiger partial charge in [0.15, 0.2) is 0 Å². The molecule has 6 heteroatoms. The fourth-order valence-corrected chi connectivity index (χ4v) is 5.00. The molecule has 124 valence electrons. The molecule has 1 fully saturated rings. The lowest BCUT2D eigenvalue weighted by Crippen LogP contribution is -2.20. The summed E-state index contributed by atoms with van der Waals surface area (Å²) in [6.07, 6.45) is 3.76. The molecule has 0 aromatic carbocycles. The molecule has 24 heavy (non-hydrogen) atoms. The largest absolute Gasteiger partial charge is 0.396 e. The van der Waals surface area contributed by atoms with Gasteiger partial charge in [-0.25, -0.2) is 4.98 Å². The van der Waals surface area contributed by atoms with Crippen LogP contribution in [0.5, 0.6) is 0 Å². The molecule has 4 heterocycles. The fraction of sp³-hybridized carbons (Fsp3) is 0.333. The van der Waals surface area contributed by atoms with Gasteiger partial charge < -0.3 is 5.11 Å². The summed E-state index contributed by atoms with van der Waals surface area (Å²) in [5.41, 5.74) is 2.29. The normalized spacial score (nSPS) is 21.4. The number of thiophene rings is 1. The molecule has 0 saturated carbocycles. The minimum atomic E-state index is 0.249. The Morgan fingerprint density at radius 2 is 2.17 bits per heavy atom. The van der Waals surface area contributed by atoms with Gasteiger partial charge in [0.25, 0.3) is 0 Å². The van der Waals surface area contributed by atoms with Crippen molar-refractivity contribution in [3.05, 3.63) is 57.9 Å². The molecule has 4 rings (SSSR count). The Morgan fingerprint density at radius 1 is 1.21 bits per heavy atom. The second kappa shape index (κ2) is 7.11. The molecule has 0 amide bonds. The average molecular weight is 358 g/mol. The van der Waals surface area contributed by atoms with Crippen LogP contribution in [0, 0.1) is 5.92 Å². The molecule has 3 aromatic rings. The summed E-state index contributed by atoms with van der Waals surface area (Å²) in [5, 5.41) is 15.0. The summed E-state index contributed by atoms with van der Waals surface area (Å²) in [5.74, 6) is 0.757. The molecule has 0 aliphatic carbocycles. The van der Waals surface area contributed by atoms with Crippen LogP contribution in [-0.4, -0.2) is 39.7 Å². The molecular formula is C18H19N3OS2. The lowest BCUT2D eigenvalue weighted by molar-refractivity contribution is 0.214. The van der Waals surface area contributed by atoms with E-state index in [2.05, 4.69) is 31.7 Å². The average Bonchev–Trinajstić information content (AvgIpc) is 3.36. The van der Waals surface area contributed by atoms with Crippen molar-refractivity contribution < 1.29 is 5.11 Å². The lowest BCUT2D eigenvalue weighted by Gasteiger charge is -2.14. The van der Waals surface area contributed by atoms with Gasteiger partial charge in [0.05, 0.1) is 5.69 Å². The molecule has 1 aliphatic heterocycles. The standard InChI is InChI=1S/C18H19N3OS2/c22-11-14-8-21(10-16(14)13-4-6-23-12-13)9-15-7-20-18(24-15)17-3-1-2-5-19-17/h1-7,12,14,16,22H,8-11H2/t14-,16-/m0/s1. The highest BCUT2D eigenvalue weighted by molar-refractivity contribution is 7.15. The third kappa shape index (κ3) is 3.28. The minimum Gasteiger partial charge on any atom is -0.396 e. The van der Waals surface area contributed by atoms with Crippen molar-refractivity contribution in [2.45, 2.75) is 12.5 Å². The molecule has 0 radical (unpaired) electrons. The summed E-state index contributed by atoms with van der Waals surface area (Å²) >= 11 is 3.43. The van der Waals surface area contributed by atoms with Gasteiger partial charge >= 0.3 is 0 Å². The fourth-order valence-electron chi connectivity index (χ4n) is 3.35. The highest BCUT2D eigenvalue weighted by atomic mass is 32.1. The topological polar surface area (TPSA) is 49.2 Å². The van der Waals surface area contributed by atoms with E-state index in [0.717, 1.165) is 30.3 Å². The molecule has 1 N–H and O–H groups in total. The predicted octanol–water partition coefficient (Wildman–Crippen LogP) is 3.47. The van der Waals surface area contributed by atoms with E-state index < -0.39 is 0 Å². The first-order chi connectivity index (χ1) is 11.8. The Morgan fingerprint density at radius 3 is 2.92 bits per heavy atom. The Bertz CT molecular complexity index is 773. The Hall–Kier alpha value is -1.60. The minimum absolute atomic E-state index is 0.249. The van der Waals surface area contributed by atoms with Gasteiger partial charge in [0.1, 0.15) is 5.01 Å². The van der Waals surface area contributed by atoms with Crippen LogP contribution in [0.3, 0.4) is 0 Å². The highest BCUT2D eigenvalue weighted by Crippen LogP contribution is 2.35. The molecular weight excluding hydrogens is 338 g/mol. The van der Waals surface area contributed by atoms with E-state index in [9.17, 15) is 5.11 Å². The molecule has 1 aliphatic rings. The molecule has 0 spiro atoms. The molecule has 0 unspecified atom stereocenters. The maximum atomic E-state index is 9.73. The van der Waals surface area contributed by atoms with Crippen molar-refractivity contribution >= 4 is 22.7 Å². The smallest absolute Gasteiger partial charge is 0.142 e. The Labute approximate surface area is 149 Å². The van der Waals surface area contributed by atoms with Gasteiger partial charge in [-0.05, 0) is 34.5 Å². The van der Waals surface area contributed by atoms with E-state index in [1.807, 2.05) is 24.4 Å². The van der Waals surface area contributed by atoms with E-state index in [1.54, 1.807) is 28.9 Å². The zero-order valence-corrected chi connectivity index (χ0v) is 14.8. The van der Waals surface area contributed by atoms with Crippen LogP contribution in [0.2, 0.25) is 0 Å². The van der Waals surface area contributed by atoms with Crippen LogP contribution < -0.4 is 0 Å². The molecule has 0 bridgehead atoms. The number of thiazole rings is 1. The first-order valence-corrected chi connectivity index (χ1v) is 9.81. The van der Waals surface area contributed by atoms with Crippen molar-refractivity contribution in [3.63, 3.8) is 0 Å². The zero-order valence-electron chi connectivity index (χ0n) is 13.2. The van der Waals surface area contributed by atoms with Gasteiger partial charge in [0.2, 0.25) is 0 Å². The maximum Gasteiger partial charge on any atom is 0.142 e. The third-order valence-corrected chi connectivity index (χ3v) is 6.25. The number of likely N-dealkylation sites (tertiary alicyclic amines) is 1. The zero-order chi connectivity index (χ0) is 16.4. The number of nitrogens with zero attached hydrogens (tertiary/aromatic N) is 3. The maximum absolute atomic E-state index is 9.73. The number of rotatable bonds is 5. The van der Waals surface area contributed by atoms with Crippen LogP contribution in [0.4, 0.5) is 0 Å². The van der Waals surface area contributed by atoms with E-state index >= 15 is 0 Å². The monoisotopic (exact) mass is 357 g/mol. The molecule has 4 nitrogen and oxygen atoms in total. The van der Waals surface area contributed by atoms with Crippen LogP contribution in [0.15, 0.2) is 47.4 Å². The predicted molar refractivity (Wildman–Crippen MR) is 98.3 cm³/mol. The summed E-state index contributed by atoms with van der Waals surface area (Å²) in [4.78, 5) is 12.6. The molecule has 1 saturated heterocycles. The van der Waals surface area contributed by atoms with Crippen molar-refractivity contribution in [1.82, 2.24) is 14.9 Å². The number of aliphatic hydroxyl groups is 1. The van der Waals surface area contributed by atoms with Gasteiger partial charge in [0, 0.05) is 55.3 Å². The van der Waals surface area contributed by atoms with Crippen LogP contribution >= 0.6 is 22.7 Å². The number of pyridine rings is 1. The van der Waals surface area contributed by atoms with Crippen molar-refractivity contribution in [2.75, 3.05) is 19.7 Å². The quantitative estimate of drug-likeness (QED) is 0.759. The molecule has 2 atom stereocenters. The van der Waals surface area contributed by atoms with Gasteiger partial charge in [-0.15, -0.1) is 11.3 Å². The van der Waals surface area contributed by atoms with E-state index in [-0.39, 0.29) is 6.61 Å². The summed E-state index contributed by atoms with van der Waals surface area (Å²) < 4.78 is 0. The number of aliphatic hydroxyl groups excluding tert-OH is 1. The highest BCUT2D eigenvalue weighted by Gasteiger charge is 2.33. The van der Waals surface area contributed by atoms with Crippen molar-refractivity contribution in [3.8, 4) is 10.7 Å². The van der Waals surface area contributed by atoms with Crippen LogP contribution in [0.1, 0.15) is 16.4 Å². The molecule has 3 aromatic heterocycles.